The van der Waals surface area contributed by atoms with Crippen molar-refractivity contribution in [2.45, 2.75) is 27.2 Å². The Balaban J connectivity index is 2.36. The molecule has 0 bridgehead atoms. The van der Waals surface area contributed by atoms with Gasteiger partial charge in [0.15, 0.2) is 0 Å². The van der Waals surface area contributed by atoms with Crippen LogP contribution in [0.15, 0.2) is 18.2 Å². The van der Waals surface area contributed by atoms with Crippen LogP contribution in [0.2, 0.25) is 0 Å². The second-order valence-corrected chi connectivity index (χ2v) is 5.24. The highest BCUT2D eigenvalue weighted by molar-refractivity contribution is 5.99. The fraction of sp³-hybridized carbons (Fsp3) is 0.533. The molecule has 0 unspecified atom stereocenters. The van der Waals surface area contributed by atoms with Gasteiger partial charge in [-0.15, -0.1) is 0 Å². The predicted molar refractivity (Wildman–Crippen MR) is 81.6 cm³/mol. The van der Waals surface area contributed by atoms with Crippen LogP contribution in [0.4, 0.5) is 5.69 Å². The van der Waals surface area contributed by atoms with E-state index in [0.717, 1.165) is 18.6 Å². The van der Waals surface area contributed by atoms with Gasteiger partial charge in [0.1, 0.15) is 0 Å². The summed E-state index contributed by atoms with van der Waals surface area (Å²) in [5, 5.41) is 2.82. The van der Waals surface area contributed by atoms with Crippen LogP contribution in [0.1, 0.15) is 36.2 Å². The first-order valence-corrected chi connectivity index (χ1v) is 6.97. The number of nitrogens with one attached hydrogen (secondary N) is 2. The van der Waals surface area contributed by atoms with Gasteiger partial charge in [-0.3, -0.25) is 10.6 Å². The Morgan fingerprint density at radius 1 is 1.35 bits per heavy atom. The quantitative estimate of drug-likeness (QED) is 0.387. The number of benzene rings is 1. The molecule has 4 N–H and O–H groups in total. The molecule has 1 rings (SSSR count). The van der Waals surface area contributed by atoms with Gasteiger partial charge in [-0.05, 0) is 37.0 Å². The Morgan fingerprint density at radius 3 is 2.75 bits per heavy atom. The molecule has 0 aromatic heterocycles. The summed E-state index contributed by atoms with van der Waals surface area (Å²) in [6.45, 7) is 8.01. The van der Waals surface area contributed by atoms with Crippen molar-refractivity contribution < 1.29 is 9.53 Å². The van der Waals surface area contributed by atoms with E-state index in [1.54, 1.807) is 6.07 Å². The van der Waals surface area contributed by atoms with Gasteiger partial charge in [0.2, 0.25) is 0 Å². The van der Waals surface area contributed by atoms with Crippen molar-refractivity contribution in [2.75, 3.05) is 25.2 Å². The number of amides is 1. The third-order valence-electron chi connectivity index (χ3n) is 2.95. The Hall–Kier alpha value is -1.59. The van der Waals surface area contributed by atoms with Crippen molar-refractivity contribution in [1.82, 2.24) is 5.32 Å². The first kappa shape index (κ1) is 16.5. The third-order valence-corrected chi connectivity index (χ3v) is 2.95. The van der Waals surface area contributed by atoms with Crippen LogP contribution in [0.25, 0.3) is 0 Å². The molecule has 0 heterocycles. The number of anilines is 1. The second kappa shape index (κ2) is 8.55. The smallest absolute Gasteiger partial charge is 0.253 e. The van der Waals surface area contributed by atoms with Crippen LogP contribution in [0.5, 0.6) is 0 Å². The van der Waals surface area contributed by atoms with E-state index in [1.165, 1.54) is 0 Å². The van der Waals surface area contributed by atoms with E-state index < -0.39 is 0 Å². The molecule has 1 aromatic rings. The number of rotatable bonds is 8. The minimum Gasteiger partial charge on any atom is -0.380 e. The normalized spacial score (nSPS) is 10.7. The second-order valence-electron chi connectivity index (χ2n) is 5.24. The number of aryl methyl sites for hydroxylation is 1. The van der Waals surface area contributed by atoms with Crippen molar-refractivity contribution in [2.24, 2.45) is 11.8 Å². The van der Waals surface area contributed by atoms with E-state index in [4.69, 9.17) is 10.6 Å². The minimum absolute atomic E-state index is 0.148. The van der Waals surface area contributed by atoms with Gasteiger partial charge in [-0.2, -0.15) is 0 Å². The summed E-state index contributed by atoms with van der Waals surface area (Å²) in [6, 6.07) is 5.49. The Morgan fingerprint density at radius 2 is 2.10 bits per heavy atom. The Bertz CT molecular complexity index is 433. The lowest BCUT2D eigenvalue weighted by molar-refractivity contribution is 0.0906. The molecule has 0 aliphatic carbocycles. The number of nitrogens with two attached hydrogens (primary N) is 1. The SMILES string of the molecule is Cc1ccc(C(=O)NCCOCCC(C)C)c(NN)c1. The molecule has 1 amide bonds. The Kier molecular flexibility index (Phi) is 7.04. The average molecular weight is 279 g/mol. The average Bonchev–Trinajstić information content (AvgIpc) is 2.41. The summed E-state index contributed by atoms with van der Waals surface area (Å²) in [5.74, 6) is 5.91. The number of carbonyl (C=O) groups excluding carboxylic acids is 1. The first-order valence-electron chi connectivity index (χ1n) is 6.97. The number of nitrogen functional groups attached to an aromatic ring is 1. The highest BCUT2D eigenvalue weighted by atomic mass is 16.5. The van der Waals surface area contributed by atoms with E-state index in [-0.39, 0.29) is 5.91 Å². The van der Waals surface area contributed by atoms with Gasteiger partial charge >= 0.3 is 0 Å². The molecule has 5 heteroatoms. The highest BCUT2D eigenvalue weighted by Gasteiger charge is 2.10. The molecule has 0 saturated heterocycles. The summed E-state index contributed by atoms with van der Waals surface area (Å²) < 4.78 is 5.45. The van der Waals surface area contributed by atoms with Crippen molar-refractivity contribution in [1.29, 1.82) is 0 Å². The zero-order valence-electron chi connectivity index (χ0n) is 12.5. The van der Waals surface area contributed by atoms with Gasteiger partial charge in [0.05, 0.1) is 17.9 Å². The molecule has 20 heavy (non-hydrogen) atoms. The number of ether oxygens (including phenoxy) is 1. The molecule has 0 aliphatic rings. The molecular formula is C15H25N3O2. The van der Waals surface area contributed by atoms with Gasteiger partial charge in [0.25, 0.3) is 5.91 Å². The highest BCUT2D eigenvalue weighted by Crippen LogP contribution is 2.16. The van der Waals surface area contributed by atoms with Crippen LogP contribution in [0, 0.1) is 12.8 Å². The lowest BCUT2D eigenvalue weighted by Crippen LogP contribution is -2.28. The fourth-order valence-electron chi connectivity index (χ4n) is 1.73. The van der Waals surface area contributed by atoms with Crippen LogP contribution in [0.3, 0.4) is 0 Å². The number of hydrazine groups is 1. The van der Waals surface area contributed by atoms with Crippen LogP contribution in [-0.4, -0.2) is 25.7 Å². The first-order chi connectivity index (χ1) is 9.54. The van der Waals surface area contributed by atoms with Crippen molar-refractivity contribution >= 4 is 11.6 Å². The van der Waals surface area contributed by atoms with E-state index in [2.05, 4.69) is 24.6 Å². The van der Waals surface area contributed by atoms with Crippen molar-refractivity contribution in [3.63, 3.8) is 0 Å². The third kappa shape index (κ3) is 5.59. The van der Waals surface area contributed by atoms with Gasteiger partial charge < -0.3 is 15.5 Å². The fourth-order valence-corrected chi connectivity index (χ4v) is 1.73. The lowest BCUT2D eigenvalue weighted by atomic mass is 10.1. The summed E-state index contributed by atoms with van der Waals surface area (Å²) in [5.41, 5.74) is 4.77. The molecule has 0 radical (unpaired) electrons. The maximum absolute atomic E-state index is 12.0. The number of carbonyl (C=O) groups is 1. The molecule has 0 fully saturated rings. The summed E-state index contributed by atoms with van der Waals surface area (Å²) in [6.07, 6.45) is 1.03. The topological polar surface area (TPSA) is 76.4 Å². The van der Waals surface area contributed by atoms with E-state index in [9.17, 15) is 4.79 Å². The van der Waals surface area contributed by atoms with Crippen LogP contribution >= 0.6 is 0 Å². The number of hydrogen-bond acceptors (Lipinski definition) is 4. The van der Waals surface area contributed by atoms with Crippen LogP contribution in [-0.2, 0) is 4.74 Å². The molecule has 0 aliphatic heterocycles. The molecular weight excluding hydrogens is 254 g/mol. The van der Waals surface area contributed by atoms with Gasteiger partial charge in [-0.25, -0.2) is 0 Å². The molecule has 0 atom stereocenters. The number of hydrogen-bond donors (Lipinski definition) is 3. The molecule has 1 aromatic carbocycles. The van der Waals surface area contributed by atoms with Crippen molar-refractivity contribution in [3.8, 4) is 0 Å². The van der Waals surface area contributed by atoms with Gasteiger partial charge in [-0.1, -0.05) is 19.9 Å². The summed E-state index contributed by atoms with van der Waals surface area (Å²) in [4.78, 5) is 12.0. The van der Waals surface area contributed by atoms with E-state index in [1.807, 2.05) is 19.1 Å². The Labute approximate surface area is 120 Å². The molecule has 5 nitrogen and oxygen atoms in total. The standard InChI is InChI=1S/C15H25N3O2/c1-11(2)6-8-20-9-7-17-15(19)13-5-4-12(3)10-14(13)18-16/h4-5,10-11,18H,6-9,16H2,1-3H3,(H,17,19). The molecule has 0 spiro atoms. The maximum atomic E-state index is 12.0. The van der Waals surface area contributed by atoms with Crippen molar-refractivity contribution in [3.05, 3.63) is 29.3 Å². The molecule has 0 saturated carbocycles. The largest absolute Gasteiger partial charge is 0.380 e. The minimum atomic E-state index is -0.148. The molecule has 112 valence electrons. The van der Waals surface area contributed by atoms with E-state index in [0.29, 0.717) is 30.3 Å². The summed E-state index contributed by atoms with van der Waals surface area (Å²) >= 11 is 0. The maximum Gasteiger partial charge on any atom is 0.253 e. The predicted octanol–water partition coefficient (Wildman–Crippen LogP) is 2.07. The zero-order chi connectivity index (χ0) is 15.0. The van der Waals surface area contributed by atoms with E-state index >= 15 is 0 Å². The summed E-state index contributed by atoms with van der Waals surface area (Å²) in [7, 11) is 0. The zero-order valence-corrected chi connectivity index (χ0v) is 12.5. The van der Waals surface area contributed by atoms with Crippen LogP contribution < -0.4 is 16.6 Å². The lowest BCUT2D eigenvalue weighted by Gasteiger charge is -2.11. The monoisotopic (exact) mass is 279 g/mol. The van der Waals surface area contributed by atoms with Gasteiger partial charge in [0, 0.05) is 13.2 Å².